The Morgan fingerprint density at radius 1 is 0.891 bits per heavy atom. The highest BCUT2D eigenvalue weighted by molar-refractivity contribution is 5.86. The number of ketones is 1. The first-order chi connectivity index (χ1) is 21.2. The Balaban J connectivity index is 1.15. The maximum absolute atomic E-state index is 14.5. The Hall–Kier alpha value is -0.690. The average molecular weight is 651 g/mol. The third kappa shape index (κ3) is 4.17. The summed E-state index contributed by atoms with van der Waals surface area (Å²) in [6, 6.07) is 0. The Labute approximate surface area is 273 Å². The van der Waals surface area contributed by atoms with Gasteiger partial charge >= 0.3 is 0 Å². The second-order valence-corrected chi connectivity index (χ2v) is 18.5. The van der Waals surface area contributed by atoms with Gasteiger partial charge in [-0.2, -0.15) is 0 Å². The largest absolute Gasteiger partial charge is 0.394 e. The van der Waals surface area contributed by atoms with Gasteiger partial charge in [0.25, 0.3) is 0 Å². The van der Waals surface area contributed by atoms with Crippen LogP contribution in [0.1, 0.15) is 106 Å². The monoisotopic (exact) mass is 650 g/mol. The first-order valence-corrected chi connectivity index (χ1v) is 17.8. The molecule has 7 fully saturated rings. The van der Waals surface area contributed by atoms with Crippen molar-refractivity contribution >= 4 is 5.78 Å². The number of Topliss-reactive ketones (excluding diaryl/α,β-unsaturated/α-hetero) is 1. The van der Waals surface area contributed by atoms with Crippen LogP contribution in [0.3, 0.4) is 0 Å². The molecule has 16 atom stereocenters. The van der Waals surface area contributed by atoms with Gasteiger partial charge in [0.05, 0.1) is 36.1 Å². The molecule has 0 aromatic heterocycles. The summed E-state index contributed by atoms with van der Waals surface area (Å²) in [6.45, 7) is 14.1. The molecule has 7 rings (SSSR count). The third-order valence-corrected chi connectivity index (χ3v) is 15.6. The van der Waals surface area contributed by atoms with Crippen LogP contribution in [0.5, 0.6) is 0 Å². The van der Waals surface area contributed by atoms with Crippen molar-refractivity contribution in [3.8, 4) is 0 Å². The number of hydrogen-bond acceptors (Lipinski definition) is 10. The molecular weight excluding hydrogens is 592 g/mol. The Morgan fingerprint density at radius 2 is 1.59 bits per heavy atom. The molecule has 2 heterocycles. The van der Waals surface area contributed by atoms with Crippen molar-refractivity contribution < 1.29 is 49.6 Å². The minimum atomic E-state index is -1.52. The fourth-order valence-corrected chi connectivity index (χ4v) is 13.4. The molecule has 5 saturated carbocycles. The number of ether oxygens (including phenoxy) is 3. The molecule has 1 unspecified atom stereocenters. The summed E-state index contributed by atoms with van der Waals surface area (Å²) in [5, 5.41) is 63.6. The van der Waals surface area contributed by atoms with E-state index in [0.29, 0.717) is 19.3 Å². The highest BCUT2D eigenvalue weighted by Gasteiger charge is 2.85. The van der Waals surface area contributed by atoms with Gasteiger partial charge in [-0.05, 0) is 99.7 Å². The summed E-state index contributed by atoms with van der Waals surface area (Å²) in [7, 11) is 0. The van der Waals surface area contributed by atoms with Crippen LogP contribution in [0, 0.1) is 44.8 Å². The van der Waals surface area contributed by atoms with Gasteiger partial charge in [0.2, 0.25) is 0 Å². The average Bonchev–Trinajstić information content (AvgIpc) is 3.31. The van der Waals surface area contributed by atoms with E-state index in [4.69, 9.17) is 14.2 Å². The van der Waals surface area contributed by atoms with Gasteiger partial charge in [0.1, 0.15) is 30.2 Å². The lowest BCUT2D eigenvalue weighted by molar-refractivity contribution is -0.325. The minimum absolute atomic E-state index is 0.0207. The van der Waals surface area contributed by atoms with E-state index in [9.17, 15) is 35.4 Å². The fourth-order valence-electron chi connectivity index (χ4n) is 13.4. The molecule has 46 heavy (non-hydrogen) atoms. The molecule has 6 N–H and O–H groups in total. The van der Waals surface area contributed by atoms with E-state index in [-0.39, 0.29) is 51.3 Å². The normalized spacial score (nSPS) is 57.8. The molecule has 0 amide bonds. The number of aliphatic hydroxyl groups is 6. The maximum Gasteiger partial charge on any atom is 0.186 e. The molecule has 0 aromatic carbocycles. The molecule has 10 heteroatoms. The predicted octanol–water partition coefficient (Wildman–Crippen LogP) is 2.47. The van der Waals surface area contributed by atoms with Gasteiger partial charge in [0.15, 0.2) is 6.29 Å². The SMILES string of the molecule is CC(C)(O)C1CC[C@@](C)([C@H]2[C@@H](O)C[C@@]3(C)[C@@H]4CC(=O)[C@H]5C(C)(C)[C@@H](O[C@@H]6O[C@H](CO)[C@@H](O)[C@H](O)[C@H]6O)CC[C@@]56C[C@@]46CC[C@]23C)O1. The summed E-state index contributed by atoms with van der Waals surface area (Å²) in [6.07, 6.45) is -0.850. The summed E-state index contributed by atoms with van der Waals surface area (Å²) >= 11 is 0. The van der Waals surface area contributed by atoms with E-state index < -0.39 is 66.1 Å². The first kappa shape index (κ1) is 33.8. The number of fused-ring (bicyclic) bond motifs is 2. The van der Waals surface area contributed by atoms with Crippen molar-refractivity contribution in [2.24, 2.45) is 44.8 Å². The lowest BCUT2D eigenvalue weighted by atomic mass is 9.41. The molecule has 2 saturated heterocycles. The maximum atomic E-state index is 14.5. The highest BCUT2D eigenvalue weighted by Crippen LogP contribution is 2.88. The number of aliphatic hydroxyl groups excluding tert-OH is 5. The van der Waals surface area contributed by atoms with E-state index in [2.05, 4.69) is 34.6 Å². The predicted molar refractivity (Wildman–Crippen MR) is 166 cm³/mol. The zero-order valence-corrected chi connectivity index (χ0v) is 28.7. The topological polar surface area (TPSA) is 166 Å². The smallest absolute Gasteiger partial charge is 0.186 e. The number of rotatable bonds is 5. The van der Waals surface area contributed by atoms with Crippen molar-refractivity contribution in [2.45, 2.75) is 166 Å². The Morgan fingerprint density at radius 3 is 2.22 bits per heavy atom. The molecule has 2 aliphatic heterocycles. The molecule has 10 nitrogen and oxygen atoms in total. The van der Waals surface area contributed by atoms with Crippen molar-refractivity contribution in [1.29, 1.82) is 0 Å². The zero-order valence-electron chi connectivity index (χ0n) is 28.7. The highest BCUT2D eigenvalue weighted by atomic mass is 16.7. The lowest BCUT2D eigenvalue weighted by Crippen LogP contribution is -2.63. The van der Waals surface area contributed by atoms with E-state index in [1.165, 1.54) is 0 Å². The van der Waals surface area contributed by atoms with Crippen LogP contribution in [-0.2, 0) is 19.0 Å². The lowest BCUT2D eigenvalue weighted by Gasteiger charge is -2.63. The molecule has 2 spiro atoms. The van der Waals surface area contributed by atoms with Gasteiger partial charge in [-0.25, -0.2) is 0 Å². The standard InChI is InChI=1S/C36H58O10/c1-30(2)22(45-29-26(42)25(41)24(40)20(16-37)44-29)9-11-36-17-35(36)13-12-32(5)28(34(7)10-8-23(46-34)31(3,4)43)19(39)15-33(32,6)21(35)14-18(38)27(30)36/h19-29,37,39-43H,8-17H2,1-7H3/t19-,20+,21-,22-,23?,24+,25-,26+,27-,28-,29-,32+,33-,34-,35-,36+/m0/s1. The zero-order chi connectivity index (χ0) is 33.6. The van der Waals surface area contributed by atoms with Crippen molar-refractivity contribution in [3.05, 3.63) is 0 Å². The van der Waals surface area contributed by atoms with Gasteiger partial charge in [-0.1, -0.05) is 27.7 Å². The second-order valence-electron chi connectivity index (χ2n) is 18.5. The van der Waals surface area contributed by atoms with Crippen LogP contribution in [0.25, 0.3) is 0 Å². The van der Waals surface area contributed by atoms with E-state index in [1.54, 1.807) is 13.8 Å². The van der Waals surface area contributed by atoms with Gasteiger partial charge < -0.3 is 44.8 Å². The second kappa shape index (κ2) is 10.2. The summed E-state index contributed by atoms with van der Waals surface area (Å²) in [4.78, 5) is 14.5. The van der Waals surface area contributed by atoms with Crippen LogP contribution < -0.4 is 0 Å². The number of carbonyl (C=O) groups is 1. The van der Waals surface area contributed by atoms with Gasteiger partial charge in [-0.15, -0.1) is 0 Å². The molecule has 7 aliphatic rings. The van der Waals surface area contributed by atoms with Crippen molar-refractivity contribution in [3.63, 3.8) is 0 Å². The van der Waals surface area contributed by atoms with Crippen molar-refractivity contribution in [2.75, 3.05) is 6.61 Å². The fraction of sp³-hybridized carbons (Fsp3) is 0.972. The quantitative estimate of drug-likeness (QED) is 0.244. The molecule has 0 bridgehead atoms. The van der Waals surface area contributed by atoms with Crippen LogP contribution in [0.15, 0.2) is 0 Å². The summed E-state index contributed by atoms with van der Waals surface area (Å²) < 4.78 is 18.8. The Bertz CT molecular complexity index is 1250. The van der Waals surface area contributed by atoms with Crippen LogP contribution in [0.2, 0.25) is 0 Å². The summed E-state index contributed by atoms with van der Waals surface area (Å²) in [5.74, 6) is 0.101. The molecule has 262 valence electrons. The van der Waals surface area contributed by atoms with E-state index in [0.717, 1.165) is 38.5 Å². The van der Waals surface area contributed by atoms with E-state index >= 15 is 0 Å². The van der Waals surface area contributed by atoms with Crippen LogP contribution >= 0.6 is 0 Å². The Kier molecular flexibility index (Phi) is 7.49. The van der Waals surface area contributed by atoms with Gasteiger partial charge in [0, 0.05) is 23.7 Å². The van der Waals surface area contributed by atoms with Crippen LogP contribution in [0.4, 0.5) is 0 Å². The van der Waals surface area contributed by atoms with Crippen LogP contribution in [-0.4, -0.2) is 103 Å². The molecule has 0 aromatic rings. The molecule has 0 radical (unpaired) electrons. The molecular formula is C36H58O10. The number of hydrogen-bond donors (Lipinski definition) is 6. The van der Waals surface area contributed by atoms with Crippen molar-refractivity contribution in [1.82, 2.24) is 0 Å². The third-order valence-electron chi connectivity index (χ3n) is 15.6. The minimum Gasteiger partial charge on any atom is -0.394 e. The first-order valence-electron chi connectivity index (χ1n) is 17.8. The van der Waals surface area contributed by atoms with E-state index in [1.807, 2.05) is 0 Å². The van der Waals surface area contributed by atoms with Gasteiger partial charge in [-0.3, -0.25) is 4.79 Å². The molecule has 5 aliphatic carbocycles. The number of carbonyl (C=O) groups excluding carboxylic acids is 1. The summed E-state index contributed by atoms with van der Waals surface area (Å²) in [5.41, 5.74) is -2.66.